The Labute approximate surface area is 142 Å². The summed E-state index contributed by atoms with van der Waals surface area (Å²) in [4.78, 5) is 32.8. The average Bonchev–Trinajstić information content (AvgIpc) is 3.32. The topological polar surface area (TPSA) is 53.5 Å². The monoisotopic (exact) mass is 325 g/mol. The predicted molar refractivity (Wildman–Crippen MR) is 94.8 cm³/mol. The lowest BCUT2D eigenvalue weighted by molar-refractivity contribution is -0.122. The lowest BCUT2D eigenvalue weighted by atomic mass is 10.1. The van der Waals surface area contributed by atoms with Crippen LogP contribution < -0.4 is 9.80 Å². The Balaban J connectivity index is 1.73. The van der Waals surface area contributed by atoms with Gasteiger partial charge in [0.25, 0.3) is 0 Å². The number of pyridine rings is 1. The zero-order valence-corrected chi connectivity index (χ0v) is 14.2. The summed E-state index contributed by atoms with van der Waals surface area (Å²) in [7, 11) is 3.49. The summed E-state index contributed by atoms with van der Waals surface area (Å²) < 4.78 is 0. The van der Waals surface area contributed by atoms with E-state index in [9.17, 15) is 9.59 Å². The molecule has 0 N–H and O–H groups in total. The molecule has 0 atom stereocenters. The fourth-order valence-corrected chi connectivity index (χ4v) is 3.20. The number of amides is 2. The van der Waals surface area contributed by atoms with E-state index >= 15 is 0 Å². The summed E-state index contributed by atoms with van der Waals surface area (Å²) in [6.07, 6.45) is 11.3. The van der Waals surface area contributed by atoms with Crippen LogP contribution in [0.4, 0.5) is 11.6 Å². The molecule has 2 amide bonds. The second-order valence-electron chi connectivity index (χ2n) is 6.43. The summed E-state index contributed by atoms with van der Waals surface area (Å²) in [6, 6.07) is 5.45. The third-order valence-electron chi connectivity index (χ3n) is 4.78. The van der Waals surface area contributed by atoms with E-state index < -0.39 is 0 Å². The maximum atomic E-state index is 12.5. The minimum Gasteiger partial charge on any atom is -0.300 e. The van der Waals surface area contributed by atoms with Crippen molar-refractivity contribution in [2.24, 2.45) is 11.8 Å². The highest BCUT2D eigenvalue weighted by Crippen LogP contribution is 2.25. The normalized spacial score (nSPS) is 17.4. The maximum absolute atomic E-state index is 12.5. The van der Waals surface area contributed by atoms with Gasteiger partial charge in [-0.15, -0.1) is 0 Å². The molecule has 0 bridgehead atoms. The van der Waals surface area contributed by atoms with Crippen LogP contribution in [0.1, 0.15) is 25.7 Å². The van der Waals surface area contributed by atoms with E-state index in [0.29, 0.717) is 11.6 Å². The Hall–Kier alpha value is -2.43. The zero-order chi connectivity index (χ0) is 17.1. The Morgan fingerprint density at radius 1 is 0.833 bits per heavy atom. The molecule has 0 fully saturated rings. The van der Waals surface area contributed by atoms with Gasteiger partial charge in [-0.05, 0) is 37.8 Å². The van der Waals surface area contributed by atoms with Gasteiger partial charge in [0.15, 0.2) is 0 Å². The van der Waals surface area contributed by atoms with Crippen LogP contribution in [-0.2, 0) is 9.59 Å². The molecule has 5 heteroatoms. The predicted octanol–water partition coefficient (Wildman–Crippen LogP) is 2.94. The van der Waals surface area contributed by atoms with Crippen molar-refractivity contribution in [1.82, 2.24) is 4.98 Å². The lowest BCUT2D eigenvalue weighted by Gasteiger charge is -2.23. The number of carbonyl (C=O) groups excluding carboxylic acids is 2. The number of anilines is 2. The van der Waals surface area contributed by atoms with E-state index in [4.69, 9.17) is 0 Å². The van der Waals surface area contributed by atoms with Crippen molar-refractivity contribution in [2.45, 2.75) is 25.7 Å². The fourth-order valence-electron chi connectivity index (χ4n) is 3.20. The second kappa shape index (κ2) is 6.99. The fraction of sp³-hybridized carbons (Fsp3) is 0.421. The molecule has 1 heterocycles. The minimum atomic E-state index is 0.00406. The molecule has 0 unspecified atom stereocenters. The van der Waals surface area contributed by atoms with Crippen LogP contribution >= 0.6 is 0 Å². The number of allylic oxidation sites excluding steroid dienone is 4. The van der Waals surface area contributed by atoms with Crippen LogP contribution in [0.2, 0.25) is 0 Å². The molecule has 1 aromatic heterocycles. The molecule has 0 aromatic carbocycles. The molecule has 0 radical (unpaired) electrons. The molecule has 3 rings (SSSR count). The van der Waals surface area contributed by atoms with E-state index in [1.54, 1.807) is 36.0 Å². The number of rotatable bonds is 4. The maximum Gasteiger partial charge on any atom is 0.231 e. The van der Waals surface area contributed by atoms with E-state index in [-0.39, 0.29) is 23.7 Å². The van der Waals surface area contributed by atoms with Gasteiger partial charge in [-0.1, -0.05) is 30.4 Å². The molecule has 0 spiro atoms. The summed E-state index contributed by atoms with van der Waals surface area (Å²) in [6.45, 7) is 0. The Kier molecular flexibility index (Phi) is 4.79. The van der Waals surface area contributed by atoms with Gasteiger partial charge in [-0.25, -0.2) is 4.98 Å². The van der Waals surface area contributed by atoms with Gasteiger partial charge < -0.3 is 0 Å². The molecule has 0 aliphatic heterocycles. The summed E-state index contributed by atoms with van der Waals surface area (Å²) in [5.74, 6) is 1.30. The highest BCUT2D eigenvalue weighted by Gasteiger charge is 2.26. The standard InChI is InChI=1S/C19H23N3O2/c1-21(18(23)14-8-3-4-9-14)16-12-7-13-17(20-16)22(2)19(24)15-10-5-6-11-15/h3-7,12-15H,8-11H2,1-2H3. The van der Waals surface area contributed by atoms with Crippen molar-refractivity contribution in [3.63, 3.8) is 0 Å². The highest BCUT2D eigenvalue weighted by atomic mass is 16.2. The molecular weight excluding hydrogens is 302 g/mol. The number of nitrogens with zero attached hydrogens (tertiary/aromatic N) is 3. The molecule has 1 aromatic rings. The van der Waals surface area contributed by atoms with Crippen LogP contribution in [-0.4, -0.2) is 30.9 Å². The second-order valence-corrected chi connectivity index (χ2v) is 6.43. The third-order valence-corrected chi connectivity index (χ3v) is 4.78. The van der Waals surface area contributed by atoms with Crippen molar-refractivity contribution in [2.75, 3.05) is 23.9 Å². The number of hydrogen-bond donors (Lipinski definition) is 0. The summed E-state index contributed by atoms with van der Waals surface area (Å²) in [5.41, 5.74) is 0. The van der Waals surface area contributed by atoms with Crippen LogP contribution in [0.3, 0.4) is 0 Å². The lowest BCUT2D eigenvalue weighted by Crippen LogP contribution is -2.34. The molecule has 126 valence electrons. The quantitative estimate of drug-likeness (QED) is 0.800. The first-order valence-electron chi connectivity index (χ1n) is 8.40. The zero-order valence-electron chi connectivity index (χ0n) is 14.2. The van der Waals surface area contributed by atoms with Crippen molar-refractivity contribution >= 4 is 23.5 Å². The van der Waals surface area contributed by atoms with Gasteiger partial charge in [-0.2, -0.15) is 0 Å². The summed E-state index contributed by atoms with van der Waals surface area (Å²) in [5, 5.41) is 0. The Morgan fingerprint density at radius 2 is 1.21 bits per heavy atom. The van der Waals surface area contributed by atoms with Crippen molar-refractivity contribution in [1.29, 1.82) is 0 Å². The van der Waals surface area contributed by atoms with Gasteiger partial charge in [0.1, 0.15) is 11.6 Å². The average molecular weight is 325 g/mol. The van der Waals surface area contributed by atoms with Gasteiger partial charge >= 0.3 is 0 Å². The number of hydrogen-bond acceptors (Lipinski definition) is 3. The van der Waals surface area contributed by atoms with E-state index in [2.05, 4.69) is 4.98 Å². The molecule has 5 nitrogen and oxygen atoms in total. The van der Waals surface area contributed by atoms with Gasteiger partial charge in [0.05, 0.1) is 0 Å². The van der Waals surface area contributed by atoms with Gasteiger partial charge in [0.2, 0.25) is 11.8 Å². The first-order valence-corrected chi connectivity index (χ1v) is 8.40. The first kappa shape index (κ1) is 16.4. The molecule has 2 aliphatic rings. The Bertz CT molecular complexity index is 624. The minimum absolute atomic E-state index is 0.00406. The summed E-state index contributed by atoms with van der Waals surface area (Å²) >= 11 is 0. The van der Waals surface area contributed by atoms with Gasteiger partial charge in [-0.3, -0.25) is 19.4 Å². The van der Waals surface area contributed by atoms with Crippen LogP contribution in [0, 0.1) is 11.8 Å². The Morgan fingerprint density at radius 3 is 1.58 bits per heavy atom. The molecule has 24 heavy (non-hydrogen) atoms. The van der Waals surface area contributed by atoms with Gasteiger partial charge in [0, 0.05) is 25.9 Å². The molecule has 2 aliphatic carbocycles. The number of aromatic nitrogens is 1. The van der Waals surface area contributed by atoms with Crippen molar-refractivity contribution in [3.05, 3.63) is 42.5 Å². The third kappa shape index (κ3) is 3.25. The number of carbonyl (C=O) groups is 2. The van der Waals surface area contributed by atoms with E-state index in [1.165, 1.54) is 0 Å². The van der Waals surface area contributed by atoms with E-state index in [0.717, 1.165) is 25.7 Å². The van der Waals surface area contributed by atoms with Crippen LogP contribution in [0.15, 0.2) is 42.5 Å². The van der Waals surface area contributed by atoms with Crippen molar-refractivity contribution < 1.29 is 9.59 Å². The largest absolute Gasteiger partial charge is 0.300 e. The van der Waals surface area contributed by atoms with E-state index in [1.807, 2.05) is 30.4 Å². The molecule has 0 saturated heterocycles. The van der Waals surface area contributed by atoms with Crippen LogP contribution in [0.25, 0.3) is 0 Å². The first-order chi connectivity index (χ1) is 11.6. The smallest absolute Gasteiger partial charge is 0.231 e. The highest BCUT2D eigenvalue weighted by molar-refractivity contribution is 5.96. The van der Waals surface area contributed by atoms with Crippen molar-refractivity contribution in [3.8, 4) is 0 Å². The molecular formula is C19H23N3O2. The van der Waals surface area contributed by atoms with Crippen LogP contribution in [0.5, 0.6) is 0 Å². The molecule has 0 saturated carbocycles. The SMILES string of the molecule is CN(C(=O)C1CC=CC1)c1cccc(N(C)C(=O)C2CC=CC2)n1.